The van der Waals surface area contributed by atoms with Crippen LogP contribution in [0, 0.1) is 0 Å². The second kappa shape index (κ2) is 8.11. The number of aryl methyl sites for hydroxylation is 1. The molecular formula is C20H20N2O2. The maximum Gasteiger partial charge on any atom is 0.223 e. The fraction of sp³-hybridized carbons (Fsp3) is 0.200. The summed E-state index contributed by atoms with van der Waals surface area (Å²) >= 11 is 0. The van der Waals surface area contributed by atoms with E-state index < -0.39 is 0 Å². The van der Waals surface area contributed by atoms with Crippen molar-refractivity contribution in [2.75, 3.05) is 0 Å². The second-order valence-corrected chi connectivity index (χ2v) is 5.68. The highest BCUT2D eigenvalue weighted by Gasteiger charge is 2.16. The Balaban J connectivity index is 1.67. The average Bonchev–Trinajstić information content (AvgIpc) is 3.14. The van der Waals surface area contributed by atoms with Gasteiger partial charge in [-0.05, 0) is 35.7 Å². The van der Waals surface area contributed by atoms with Crippen LogP contribution in [-0.4, -0.2) is 15.8 Å². The molecule has 0 unspecified atom stereocenters. The van der Waals surface area contributed by atoms with Gasteiger partial charge in [0.25, 0.3) is 0 Å². The first-order valence-corrected chi connectivity index (χ1v) is 8.04. The molecule has 122 valence electrons. The van der Waals surface area contributed by atoms with Gasteiger partial charge in [-0.25, -0.2) is 0 Å². The van der Waals surface area contributed by atoms with E-state index in [0.717, 1.165) is 16.9 Å². The summed E-state index contributed by atoms with van der Waals surface area (Å²) in [5.74, 6) is 0.903. The lowest BCUT2D eigenvalue weighted by atomic mass is 10.1. The molecular weight excluding hydrogens is 300 g/mol. The second-order valence-electron chi connectivity index (χ2n) is 5.68. The lowest BCUT2D eigenvalue weighted by Crippen LogP contribution is -2.30. The summed E-state index contributed by atoms with van der Waals surface area (Å²) in [5, 5.41) is 0. The number of carbonyl (C=O) groups is 1. The highest BCUT2D eigenvalue weighted by atomic mass is 16.3. The number of furan rings is 1. The number of nitrogens with zero attached hydrogens (tertiary/aromatic N) is 2. The van der Waals surface area contributed by atoms with E-state index in [0.29, 0.717) is 25.9 Å². The Kier molecular flexibility index (Phi) is 5.40. The molecule has 2 aromatic heterocycles. The standard InChI is InChI=1S/C20H20N2O2/c23-20(11-10-17-8-4-12-21-14-17)22(16-19-9-5-13-24-19)15-18-6-2-1-3-7-18/h1-9,12-14H,10-11,15-16H2. The van der Waals surface area contributed by atoms with Gasteiger partial charge >= 0.3 is 0 Å². The van der Waals surface area contributed by atoms with Gasteiger partial charge in [0.15, 0.2) is 0 Å². The third kappa shape index (κ3) is 4.56. The Labute approximate surface area is 141 Å². The maximum atomic E-state index is 12.7. The van der Waals surface area contributed by atoms with E-state index in [1.54, 1.807) is 18.7 Å². The highest BCUT2D eigenvalue weighted by Crippen LogP contribution is 2.13. The molecule has 0 spiro atoms. The first kappa shape index (κ1) is 16.0. The zero-order valence-electron chi connectivity index (χ0n) is 13.5. The van der Waals surface area contributed by atoms with Crippen molar-refractivity contribution >= 4 is 5.91 Å². The van der Waals surface area contributed by atoms with Gasteiger partial charge in [-0.3, -0.25) is 9.78 Å². The summed E-state index contributed by atoms with van der Waals surface area (Å²) in [6, 6.07) is 17.6. The number of aromatic nitrogens is 1. The smallest absolute Gasteiger partial charge is 0.223 e. The van der Waals surface area contributed by atoms with Crippen LogP contribution in [0.25, 0.3) is 0 Å². The molecule has 4 heteroatoms. The third-order valence-corrected chi connectivity index (χ3v) is 3.85. The summed E-state index contributed by atoms with van der Waals surface area (Å²) in [6.45, 7) is 1.06. The minimum Gasteiger partial charge on any atom is -0.467 e. The molecule has 0 fully saturated rings. The zero-order valence-corrected chi connectivity index (χ0v) is 13.5. The van der Waals surface area contributed by atoms with Gasteiger partial charge in [-0.2, -0.15) is 0 Å². The summed E-state index contributed by atoms with van der Waals surface area (Å²) in [7, 11) is 0. The van der Waals surface area contributed by atoms with Crippen LogP contribution in [0.5, 0.6) is 0 Å². The highest BCUT2D eigenvalue weighted by molar-refractivity contribution is 5.76. The Morgan fingerprint density at radius 3 is 2.50 bits per heavy atom. The minimum absolute atomic E-state index is 0.110. The molecule has 3 rings (SSSR count). The van der Waals surface area contributed by atoms with Crippen molar-refractivity contribution in [1.82, 2.24) is 9.88 Å². The van der Waals surface area contributed by atoms with Crippen LogP contribution < -0.4 is 0 Å². The summed E-state index contributed by atoms with van der Waals surface area (Å²) in [6.07, 6.45) is 6.33. The number of carbonyl (C=O) groups excluding carboxylic acids is 1. The largest absolute Gasteiger partial charge is 0.467 e. The van der Waals surface area contributed by atoms with E-state index in [1.165, 1.54) is 0 Å². The van der Waals surface area contributed by atoms with Gasteiger partial charge in [-0.15, -0.1) is 0 Å². The van der Waals surface area contributed by atoms with Crippen LogP contribution in [0.15, 0.2) is 77.7 Å². The quantitative estimate of drug-likeness (QED) is 0.664. The van der Waals surface area contributed by atoms with Gasteiger partial charge in [0, 0.05) is 25.4 Å². The lowest BCUT2D eigenvalue weighted by Gasteiger charge is -2.22. The Morgan fingerprint density at radius 1 is 0.958 bits per heavy atom. The molecule has 4 nitrogen and oxygen atoms in total. The fourth-order valence-corrected chi connectivity index (χ4v) is 2.58. The van der Waals surface area contributed by atoms with E-state index in [-0.39, 0.29) is 5.91 Å². The van der Waals surface area contributed by atoms with E-state index in [2.05, 4.69) is 4.98 Å². The third-order valence-electron chi connectivity index (χ3n) is 3.85. The van der Waals surface area contributed by atoms with Crippen molar-refractivity contribution in [3.63, 3.8) is 0 Å². The van der Waals surface area contributed by atoms with Crippen molar-refractivity contribution in [1.29, 1.82) is 0 Å². The number of pyridine rings is 1. The fourth-order valence-electron chi connectivity index (χ4n) is 2.58. The molecule has 0 saturated heterocycles. The van der Waals surface area contributed by atoms with Gasteiger partial charge in [0.1, 0.15) is 5.76 Å². The summed E-state index contributed by atoms with van der Waals surface area (Å²) in [4.78, 5) is 18.6. The Hall–Kier alpha value is -2.88. The molecule has 0 aliphatic heterocycles. The first-order chi connectivity index (χ1) is 11.8. The van der Waals surface area contributed by atoms with Crippen LogP contribution in [-0.2, 0) is 24.3 Å². The molecule has 0 bridgehead atoms. The molecule has 0 saturated carbocycles. The van der Waals surface area contributed by atoms with Crippen molar-refractivity contribution in [2.24, 2.45) is 0 Å². The van der Waals surface area contributed by atoms with Crippen molar-refractivity contribution in [3.8, 4) is 0 Å². The Morgan fingerprint density at radius 2 is 1.79 bits per heavy atom. The van der Waals surface area contributed by atoms with Gasteiger partial charge in [0.05, 0.1) is 12.8 Å². The van der Waals surface area contributed by atoms with Gasteiger partial charge in [-0.1, -0.05) is 36.4 Å². The topological polar surface area (TPSA) is 46.3 Å². The van der Waals surface area contributed by atoms with E-state index in [4.69, 9.17) is 4.42 Å². The number of benzene rings is 1. The average molecular weight is 320 g/mol. The van der Waals surface area contributed by atoms with E-state index >= 15 is 0 Å². The monoisotopic (exact) mass is 320 g/mol. The van der Waals surface area contributed by atoms with Crippen LogP contribution in [0.4, 0.5) is 0 Å². The van der Waals surface area contributed by atoms with Crippen molar-refractivity contribution in [3.05, 3.63) is 90.1 Å². The first-order valence-electron chi connectivity index (χ1n) is 8.04. The maximum absolute atomic E-state index is 12.7. The number of rotatable bonds is 7. The van der Waals surface area contributed by atoms with Crippen LogP contribution in [0.1, 0.15) is 23.3 Å². The SMILES string of the molecule is O=C(CCc1cccnc1)N(Cc1ccccc1)Cc1ccco1. The van der Waals surface area contributed by atoms with Gasteiger partial charge in [0.2, 0.25) is 5.91 Å². The molecule has 0 radical (unpaired) electrons. The van der Waals surface area contributed by atoms with Crippen LogP contribution in [0.2, 0.25) is 0 Å². The van der Waals surface area contributed by atoms with E-state index in [9.17, 15) is 4.79 Å². The van der Waals surface area contributed by atoms with Crippen molar-refractivity contribution < 1.29 is 9.21 Å². The zero-order chi connectivity index (χ0) is 16.6. The predicted molar refractivity (Wildman–Crippen MR) is 92.0 cm³/mol. The normalized spacial score (nSPS) is 10.5. The molecule has 0 aliphatic rings. The molecule has 2 heterocycles. The molecule has 24 heavy (non-hydrogen) atoms. The van der Waals surface area contributed by atoms with Crippen LogP contribution >= 0.6 is 0 Å². The van der Waals surface area contributed by atoms with E-state index in [1.807, 2.05) is 59.5 Å². The molecule has 1 amide bonds. The molecule has 0 atom stereocenters. The summed E-state index contributed by atoms with van der Waals surface area (Å²) in [5.41, 5.74) is 2.18. The van der Waals surface area contributed by atoms with Crippen LogP contribution in [0.3, 0.4) is 0 Å². The van der Waals surface area contributed by atoms with Gasteiger partial charge < -0.3 is 9.32 Å². The predicted octanol–water partition coefficient (Wildman–Crippen LogP) is 3.84. The lowest BCUT2D eigenvalue weighted by molar-refractivity contribution is -0.132. The summed E-state index contributed by atoms with van der Waals surface area (Å²) < 4.78 is 5.41. The molecule has 0 N–H and O–H groups in total. The molecule has 0 aliphatic carbocycles. The molecule has 1 aromatic carbocycles. The number of amides is 1. The molecule has 3 aromatic rings. The number of hydrogen-bond acceptors (Lipinski definition) is 3. The Bertz CT molecular complexity index is 740. The minimum atomic E-state index is 0.110. The van der Waals surface area contributed by atoms with Crippen molar-refractivity contribution in [2.45, 2.75) is 25.9 Å². The number of hydrogen-bond donors (Lipinski definition) is 0.